The summed E-state index contributed by atoms with van der Waals surface area (Å²) >= 11 is 0. The fourth-order valence-corrected chi connectivity index (χ4v) is 3.73. The zero-order valence-corrected chi connectivity index (χ0v) is 17.2. The van der Waals surface area contributed by atoms with Crippen LogP contribution in [0.5, 0.6) is 11.5 Å². The summed E-state index contributed by atoms with van der Waals surface area (Å²) in [6.45, 7) is 4.92. The number of carbonyl (C=O) groups excluding carboxylic acids is 1. The van der Waals surface area contributed by atoms with Gasteiger partial charge in [0.15, 0.2) is 11.6 Å². The van der Waals surface area contributed by atoms with Crippen molar-refractivity contribution in [3.05, 3.63) is 36.4 Å². The number of anilines is 3. The Kier molecular flexibility index (Phi) is 5.44. The lowest BCUT2D eigenvalue weighted by Crippen LogP contribution is -2.45. The van der Waals surface area contributed by atoms with Crippen LogP contribution in [0.1, 0.15) is 0 Å². The summed E-state index contributed by atoms with van der Waals surface area (Å²) in [6.07, 6.45) is 0. The number of rotatable bonds is 5. The first-order valence-corrected chi connectivity index (χ1v) is 9.82. The third-order valence-electron chi connectivity index (χ3n) is 5.52. The van der Waals surface area contributed by atoms with Gasteiger partial charge in [0, 0.05) is 45.0 Å². The molecule has 29 heavy (non-hydrogen) atoms. The fraction of sp³-hybridized carbons (Fsp3) is 0.429. The third-order valence-corrected chi connectivity index (χ3v) is 5.52. The number of methoxy groups -OCH3 is 2. The minimum absolute atomic E-state index is 0.0721. The van der Waals surface area contributed by atoms with Crippen LogP contribution in [-0.2, 0) is 0 Å². The molecule has 0 N–H and O–H groups in total. The number of pyridine rings is 1. The van der Waals surface area contributed by atoms with E-state index in [4.69, 9.17) is 14.5 Å². The highest BCUT2D eigenvalue weighted by Gasteiger charge is 2.32. The van der Waals surface area contributed by atoms with Crippen LogP contribution in [0.2, 0.25) is 0 Å². The first-order valence-electron chi connectivity index (χ1n) is 9.82. The maximum Gasteiger partial charge on any atom is 0.330 e. The number of piperazine rings is 1. The van der Waals surface area contributed by atoms with Crippen LogP contribution >= 0.6 is 0 Å². The van der Waals surface area contributed by atoms with Crippen LogP contribution in [0.3, 0.4) is 0 Å². The largest absolute Gasteiger partial charge is 0.497 e. The number of likely N-dealkylation sites (N-methyl/N-ethyl adjacent to an activating group) is 1. The molecule has 2 aliphatic heterocycles. The zero-order valence-electron chi connectivity index (χ0n) is 17.2. The van der Waals surface area contributed by atoms with E-state index in [0.29, 0.717) is 18.9 Å². The van der Waals surface area contributed by atoms with E-state index in [-0.39, 0.29) is 6.03 Å². The summed E-state index contributed by atoms with van der Waals surface area (Å²) < 4.78 is 10.7. The summed E-state index contributed by atoms with van der Waals surface area (Å²) in [4.78, 5) is 25.9. The van der Waals surface area contributed by atoms with Crippen molar-refractivity contribution >= 4 is 23.4 Å². The molecule has 3 heterocycles. The van der Waals surface area contributed by atoms with E-state index in [2.05, 4.69) is 16.8 Å². The molecule has 0 atom stereocenters. The number of hydrogen-bond donors (Lipinski definition) is 0. The average Bonchev–Trinajstić information content (AvgIpc) is 3.15. The summed E-state index contributed by atoms with van der Waals surface area (Å²) in [5, 5.41) is 0. The Labute approximate surface area is 171 Å². The van der Waals surface area contributed by atoms with Gasteiger partial charge in [-0.05, 0) is 43.4 Å². The van der Waals surface area contributed by atoms with Gasteiger partial charge in [-0.1, -0.05) is 0 Å². The molecule has 154 valence electrons. The minimum Gasteiger partial charge on any atom is -0.497 e. The van der Waals surface area contributed by atoms with E-state index in [1.54, 1.807) is 24.0 Å². The highest BCUT2D eigenvalue weighted by Crippen LogP contribution is 2.32. The Hall–Kier alpha value is -3.00. The topological polar surface area (TPSA) is 61.4 Å². The SMILES string of the molecule is COc1ccc(N2CCN(c3ccc(OC)c(N4CCN(C)CC4)n3)C2=O)cc1. The number of carbonyl (C=O) groups is 1. The van der Waals surface area contributed by atoms with E-state index in [0.717, 1.165) is 49.2 Å². The second kappa shape index (κ2) is 8.16. The van der Waals surface area contributed by atoms with E-state index in [9.17, 15) is 4.79 Å². The third kappa shape index (κ3) is 3.80. The molecule has 2 fully saturated rings. The van der Waals surface area contributed by atoms with Crippen molar-refractivity contribution in [2.45, 2.75) is 0 Å². The van der Waals surface area contributed by atoms with Crippen LogP contribution in [-0.4, -0.2) is 76.5 Å². The number of nitrogens with zero attached hydrogens (tertiary/aromatic N) is 5. The molecule has 0 bridgehead atoms. The molecule has 0 spiro atoms. The lowest BCUT2D eigenvalue weighted by Gasteiger charge is -2.34. The molecule has 0 radical (unpaired) electrons. The van der Waals surface area contributed by atoms with Crippen molar-refractivity contribution in [2.75, 3.05) is 75.2 Å². The van der Waals surface area contributed by atoms with E-state index in [1.165, 1.54) is 0 Å². The number of benzene rings is 1. The van der Waals surface area contributed by atoms with Gasteiger partial charge in [0.2, 0.25) is 0 Å². The van der Waals surface area contributed by atoms with Crippen molar-refractivity contribution in [2.24, 2.45) is 0 Å². The average molecular weight is 397 g/mol. The standard InChI is InChI=1S/C21H27N5O3/c1-23-10-12-24(13-11-23)20-18(29-3)8-9-19(22-20)26-15-14-25(21(26)27)16-4-6-17(28-2)7-5-16/h4-9H,10-15H2,1-3H3. The number of urea groups is 1. The molecule has 1 aromatic heterocycles. The molecule has 4 rings (SSSR count). The van der Waals surface area contributed by atoms with Crippen molar-refractivity contribution in [3.63, 3.8) is 0 Å². The highest BCUT2D eigenvalue weighted by atomic mass is 16.5. The molecule has 8 nitrogen and oxygen atoms in total. The van der Waals surface area contributed by atoms with E-state index in [1.807, 2.05) is 36.4 Å². The Morgan fingerprint density at radius 2 is 1.52 bits per heavy atom. The summed E-state index contributed by atoms with van der Waals surface area (Å²) in [5.74, 6) is 2.96. The molecule has 0 saturated carbocycles. The van der Waals surface area contributed by atoms with Crippen molar-refractivity contribution in [3.8, 4) is 11.5 Å². The van der Waals surface area contributed by atoms with Gasteiger partial charge >= 0.3 is 6.03 Å². The fourth-order valence-electron chi connectivity index (χ4n) is 3.73. The predicted octanol–water partition coefficient (Wildman–Crippen LogP) is 2.30. The van der Waals surface area contributed by atoms with Crippen LogP contribution < -0.4 is 24.2 Å². The molecule has 2 amide bonds. The molecule has 0 unspecified atom stereocenters. The van der Waals surface area contributed by atoms with E-state index >= 15 is 0 Å². The van der Waals surface area contributed by atoms with Gasteiger partial charge in [-0.25, -0.2) is 9.78 Å². The number of amides is 2. The Balaban J connectivity index is 1.56. The Morgan fingerprint density at radius 1 is 0.828 bits per heavy atom. The van der Waals surface area contributed by atoms with Gasteiger partial charge in [-0.3, -0.25) is 9.80 Å². The lowest BCUT2D eigenvalue weighted by molar-refractivity contribution is 0.255. The molecule has 1 aromatic carbocycles. The molecular weight excluding hydrogens is 370 g/mol. The quantitative estimate of drug-likeness (QED) is 0.772. The maximum atomic E-state index is 13.1. The van der Waals surface area contributed by atoms with Crippen molar-refractivity contribution in [1.29, 1.82) is 0 Å². The smallest absolute Gasteiger partial charge is 0.330 e. The van der Waals surface area contributed by atoms with Gasteiger partial charge in [0.05, 0.1) is 14.2 Å². The molecule has 0 aliphatic carbocycles. The lowest BCUT2D eigenvalue weighted by atomic mass is 10.3. The highest BCUT2D eigenvalue weighted by molar-refractivity contribution is 6.05. The molecule has 2 aliphatic rings. The number of aromatic nitrogens is 1. The summed E-state index contributed by atoms with van der Waals surface area (Å²) in [6, 6.07) is 11.2. The normalized spacial score (nSPS) is 17.8. The molecule has 2 saturated heterocycles. The molecule has 2 aromatic rings. The zero-order chi connectivity index (χ0) is 20.4. The molecule has 8 heteroatoms. The van der Waals surface area contributed by atoms with Crippen LogP contribution in [0, 0.1) is 0 Å². The van der Waals surface area contributed by atoms with Gasteiger partial charge < -0.3 is 19.3 Å². The van der Waals surface area contributed by atoms with Gasteiger partial charge in [-0.15, -0.1) is 0 Å². The second-order valence-corrected chi connectivity index (χ2v) is 7.27. The molecular formula is C21H27N5O3. The summed E-state index contributed by atoms with van der Waals surface area (Å²) in [5.41, 5.74) is 0.853. The Bertz CT molecular complexity index is 865. The van der Waals surface area contributed by atoms with Gasteiger partial charge in [0.1, 0.15) is 11.6 Å². The predicted molar refractivity (Wildman–Crippen MR) is 114 cm³/mol. The monoisotopic (exact) mass is 397 g/mol. The first kappa shape index (κ1) is 19.3. The van der Waals surface area contributed by atoms with Gasteiger partial charge in [-0.2, -0.15) is 0 Å². The van der Waals surface area contributed by atoms with Crippen LogP contribution in [0.25, 0.3) is 0 Å². The maximum absolute atomic E-state index is 13.1. The number of hydrogen-bond acceptors (Lipinski definition) is 6. The van der Waals surface area contributed by atoms with Crippen molar-refractivity contribution in [1.82, 2.24) is 9.88 Å². The van der Waals surface area contributed by atoms with Crippen molar-refractivity contribution < 1.29 is 14.3 Å². The van der Waals surface area contributed by atoms with Crippen LogP contribution in [0.4, 0.5) is 22.1 Å². The van der Waals surface area contributed by atoms with Crippen LogP contribution in [0.15, 0.2) is 36.4 Å². The van der Waals surface area contributed by atoms with Gasteiger partial charge in [0.25, 0.3) is 0 Å². The first-order chi connectivity index (χ1) is 14.1. The minimum atomic E-state index is -0.0721. The Morgan fingerprint density at radius 3 is 2.17 bits per heavy atom. The van der Waals surface area contributed by atoms with E-state index < -0.39 is 0 Å². The second-order valence-electron chi connectivity index (χ2n) is 7.27. The summed E-state index contributed by atoms with van der Waals surface area (Å²) in [7, 11) is 5.41. The number of ether oxygens (including phenoxy) is 2.